The second-order valence-electron chi connectivity index (χ2n) is 8.46. The first-order valence-corrected chi connectivity index (χ1v) is 10.6. The molecule has 0 radical (unpaired) electrons. The number of fused-ring (bicyclic) bond motifs is 1. The highest BCUT2D eigenvalue weighted by Gasteiger charge is 2.18. The molecule has 8 heteroatoms. The van der Waals surface area contributed by atoms with Crippen molar-refractivity contribution in [2.45, 2.75) is 46.3 Å². The van der Waals surface area contributed by atoms with E-state index in [9.17, 15) is 9.90 Å². The van der Waals surface area contributed by atoms with Gasteiger partial charge < -0.3 is 9.63 Å². The third-order valence-corrected chi connectivity index (χ3v) is 5.74. The summed E-state index contributed by atoms with van der Waals surface area (Å²) in [5, 5.41) is 18.9. The van der Waals surface area contributed by atoms with Crippen molar-refractivity contribution in [3.63, 3.8) is 0 Å². The molecule has 4 rings (SSSR count). The average molecular weight is 434 g/mol. The van der Waals surface area contributed by atoms with Crippen molar-refractivity contribution >= 4 is 16.9 Å². The number of carbonyl (C=O) groups is 1. The quantitative estimate of drug-likeness (QED) is 0.457. The van der Waals surface area contributed by atoms with Gasteiger partial charge in [0, 0.05) is 29.1 Å². The van der Waals surface area contributed by atoms with Crippen molar-refractivity contribution in [1.29, 1.82) is 0 Å². The molecule has 0 spiro atoms. The van der Waals surface area contributed by atoms with Gasteiger partial charge in [0.05, 0.1) is 11.7 Å². The molecule has 0 saturated heterocycles. The number of aryl methyl sites for hydroxylation is 1. The van der Waals surface area contributed by atoms with Gasteiger partial charge in [-0.2, -0.15) is 10.1 Å². The van der Waals surface area contributed by atoms with Gasteiger partial charge in [0.1, 0.15) is 6.04 Å². The Balaban J connectivity index is 1.57. The van der Waals surface area contributed by atoms with Crippen molar-refractivity contribution in [1.82, 2.24) is 24.8 Å². The van der Waals surface area contributed by atoms with Crippen LogP contribution in [0.25, 0.3) is 33.7 Å². The summed E-state index contributed by atoms with van der Waals surface area (Å²) in [5.74, 6) is 0.141. The number of hydrogen-bond acceptors (Lipinski definition) is 6. The average Bonchev–Trinajstić information content (AvgIpc) is 3.40. The maximum absolute atomic E-state index is 11.2. The van der Waals surface area contributed by atoms with Crippen LogP contribution in [0.15, 0.2) is 47.1 Å². The molecule has 1 atom stereocenters. The zero-order chi connectivity index (χ0) is 23.0. The van der Waals surface area contributed by atoms with Crippen LogP contribution >= 0.6 is 0 Å². The Morgan fingerprint density at radius 2 is 1.97 bits per heavy atom. The van der Waals surface area contributed by atoms with Gasteiger partial charge in [-0.1, -0.05) is 23.4 Å². The minimum absolute atomic E-state index is 0.284. The number of hydrogen-bond donors (Lipinski definition) is 1. The maximum Gasteiger partial charge on any atom is 0.320 e. The number of nitrogens with zero attached hydrogens (tertiary/aromatic N) is 5. The first-order chi connectivity index (χ1) is 15.2. The molecule has 0 unspecified atom stereocenters. The lowest BCUT2D eigenvalue weighted by Crippen LogP contribution is -2.35. The fourth-order valence-electron chi connectivity index (χ4n) is 3.74. The largest absolute Gasteiger partial charge is 0.480 e. The SMILES string of the molecule is Cc1cc(CN(C)[C@H](C)C(=O)O)ccc1-c1noc(-c2ccc3c(cnn3C(C)C)c2)n1. The van der Waals surface area contributed by atoms with Crippen LogP contribution in [0.5, 0.6) is 0 Å². The molecule has 8 nitrogen and oxygen atoms in total. The third kappa shape index (κ3) is 4.13. The van der Waals surface area contributed by atoms with E-state index < -0.39 is 12.0 Å². The predicted octanol–water partition coefficient (Wildman–Crippen LogP) is 4.55. The lowest BCUT2D eigenvalue weighted by Gasteiger charge is -2.21. The van der Waals surface area contributed by atoms with Crippen LogP contribution in [0.3, 0.4) is 0 Å². The van der Waals surface area contributed by atoms with E-state index in [4.69, 9.17) is 4.52 Å². The zero-order valence-corrected chi connectivity index (χ0v) is 18.9. The monoisotopic (exact) mass is 433 g/mol. The summed E-state index contributed by atoms with van der Waals surface area (Å²) < 4.78 is 7.54. The standard InChI is InChI=1S/C24H27N5O3/c1-14(2)29-21-9-7-18(11-19(21)12-25-29)23-26-22(27-32-23)20-8-6-17(10-15(20)3)13-28(5)16(4)24(30)31/h6-12,14,16H,13H2,1-5H3,(H,30,31)/t16-/m1/s1. The summed E-state index contributed by atoms with van der Waals surface area (Å²) in [5.41, 5.74) is 4.82. The van der Waals surface area contributed by atoms with Gasteiger partial charge in [-0.05, 0) is 64.1 Å². The van der Waals surface area contributed by atoms with Gasteiger partial charge >= 0.3 is 5.97 Å². The van der Waals surface area contributed by atoms with Crippen LogP contribution in [0.2, 0.25) is 0 Å². The van der Waals surface area contributed by atoms with Gasteiger partial charge in [-0.25, -0.2) is 0 Å². The molecule has 0 fully saturated rings. The topological polar surface area (TPSA) is 97.3 Å². The van der Waals surface area contributed by atoms with E-state index in [1.807, 2.05) is 54.2 Å². The van der Waals surface area contributed by atoms with E-state index in [0.29, 0.717) is 18.3 Å². The molecule has 0 aliphatic carbocycles. The number of rotatable bonds is 7. The fraction of sp³-hybridized carbons (Fsp3) is 0.333. The molecule has 0 saturated carbocycles. The van der Waals surface area contributed by atoms with E-state index >= 15 is 0 Å². The lowest BCUT2D eigenvalue weighted by molar-refractivity contribution is -0.142. The number of carboxylic acids is 1. The molecule has 2 aromatic carbocycles. The molecule has 0 aliphatic heterocycles. The number of likely N-dealkylation sites (N-methyl/N-ethyl adjacent to an activating group) is 1. The number of benzene rings is 2. The van der Waals surface area contributed by atoms with Gasteiger partial charge in [-0.3, -0.25) is 14.4 Å². The van der Waals surface area contributed by atoms with Gasteiger partial charge in [0.15, 0.2) is 0 Å². The highest BCUT2D eigenvalue weighted by atomic mass is 16.5. The van der Waals surface area contributed by atoms with Crippen LogP contribution < -0.4 is 0 Å². The number of carboxylic acid groups (broad SMARTS) is 1. The van der Waals surface area contributed by atoms with Gasteiger partial charge in [0.2, 0.25) is 5.82 Å². The van der Waals surface area contributed by atoms with E-state index in [1.165, 1.54) is 0 Å². The summed E-state index contributed by atoms with van der Waals surface area (Å²) in [6.45, 7) is 8.40. The molecule has 0 bridgehead atoms. The van der Waals surface area contributed by atoms with Crippen LogP contribution in [-0.2, 0) is 11.3 Å². The number of aromatic nitrogens is 4. The summed E-state index contributed by atoms with van der Waals surface area (Å²) in [7, 11) is 1.80. The highest BCUT2D eigenvalue weighted by Crippen LogP contribution is 2.28. The lowest BCUT2D eigenvalue weighted by atomic mass is 10.0. The summed E-state index contributed by atoms with van der Waals surface area (Å²) >= 11 is 0. The van der Waals surface area contributed by atoms with Crippen LogP contribution in [0.4, 0.5) is 0 Å². The van der Waals surface area contributed by atoms with Crippen molar-refractivity contribution in [3.05, 3.63) is 53.7 Å². The molecular weight excluding hydrogens is 406 g/mol. The maximum atomic E-state index is 11.2. The fourth-order valence-corrected chi connectivity index (χ4v) is 3.74. The van der Waals surface area contributed by atoms with Crippen molar-refractivity contribution in [2.75, 3.05) is 7.05 Å². The Hall–Kier alpha value is -3.52. The van der Waals surface area contributed by atoms with E-state index in [2.05, 4.69) is 29.1 Å². The van der Waals surface area contributed by atoms with E-state index in [0.717, 1.165) is 33.2 Å². The van der Waals surface area contributed by atoms with E-state index in [1.54, 1.807) is 18.9 Å². The van der Waals surface area contributed by atoms with Crippen molar-refractivity contribution < 1.29 is 14.4 Å². The van der Waals surface area contributed by atoms with Crippen molar-refractivity contribution in [2.24, 2.45) is 0 Å². The highest BCUT2D eigenvalue weighted by molar-refractivity contribution is 5.83. The predicted molar refractivity (Wildman–Crippen MR) is 122 cm³/mol. The molecule has 32 heavy (non-hydrogen) atoms. The molecule has 1 N–H and O–H groups in total. The van der Waals surface area contributed by atoms with Crippen LogP contribution in [0.1, 0.15) is 37.9 Å². The Morgan fingerprint density at radius 3 is 2.66 bits per heavy atom. The second-order valence-corrected chi connectivity index (χ2v) is 8.46. The Bertz CT molecular complexity index is 1270. The Labute approximate surface area is 186 Å². The van der Waals surface area contributed by atoms with Crippen molar-refractivity contribution in [3.8, 4) is 22.8 Å². The third-order valence-electron chi connectivity index (χ3n) is 5.74. The first kappa shape index (κ1) is 21.7. The van der Waals surface area contributed by atoms with Crippen LogP contribution in [0, 0.1) is 6.92 Å². The van der Waals surface area contributed by atoms with Gasteiger partial charge in [-0.15, -0.1) is 0 Å². The second kappa shape index (κ2) is 8.55. The zero-order valence-electron chi connectivity index (χ0n) is 18.9. The Kier molecular flexibility index (Phi) is 5.80. The van der Waals surface area contributed by atoms with Crippen LogP contribution in [-0.4, -0.2) is 49.0 Å². The molecule has 2 aromatic heterocycles. The van der Waals surface area contributed by atoms with Gasteiger partial charge in [0.25, 0.3) is 5.89 Å². The minimum atomic E-state index is -0.838. The molecule has 0 amide bonds. The first-order valence-electron chi connectivity index (χ1n) is 10.6. The molecule has 4 aromatic rings. The summed E-state index contributed by atoms with van der Waals surface area (Å²) in [6.07, 6.45) is 1.85. The minimum Gasteiger partial charge on any atom is -0.480 e. The normalized spacial score (nSPS) is 12.7. The molecule has 2 heterocycles. The molecular formula is C24H27N5O3. The summed E-state index contributed by atoms with van der Waals surface area (Å²) in [6, 6.07) is 11.7. The Morgan fingerprint density at radius 1 is 1.19 bits per heavy atom. The summed E-state index contributed by atoms with van der Waals surface area (Å²) in [4.78, 5) is 17.6. The van der Waals surface area contributed by atoms with E-state index in [-0.39, 0.29) is 6.04 Å². The smallest absolute Gasteiger partial charge is 0.320 e. The molecule has 166 valence electrons. The number of aliphatic carboxylic acids is 1. The molecule has 0 aliphatic rings.